The molecular formula is C14H15N3O2. The number of aromatic nitrogens is 2. The second-order valence-electron chi connectivity index (χ2n) is 4.29. The zero-order valence-corrected chi connectivity index (χ0v) is 10.8. The van der Waals surface area contributed by atoms with Gasteiger partial charge in [0.1, 0.15) is 5.56 Å². The van der Waals surface area contributed by atoms with E-state index in [0.29, 0.717) is 17.9 Å². The van der Waals surface area contributed by atoms with Crippen LogP contribution in [0.15, 0.2) is 30.6 Å². The summed E-state index contributed by atoms with van der Waals surface area (Å²) in [6.07, 6.45) is 3.41. The minimum atomic E-state index is -0.970. The van der Waals surface area contributed by atoms with Gasteiger partial charge in [-0.1, -0.05) is 0 Å². The SMILES string of the molecule is Cc1cc(NCc2ccncc2)c(C(=O)O)c(C)n1. The molecule has 0 aromatic carbocycles. The van der Waals surface area contributed by atoms with Gasteiger partial charge in [0, 0.05) is 24.6 Å². The number of aromatic carboxylic acids is 1. The molecule has 0 spiro atoms. The molecule has 2 N–H and O–H groups in total. The number of pyridine rings is 2. The Hall–Kier alpha value is -2.43. The molecule has 2 heterocycles. The predicted octanol–water partition coefficient (Wildman–Crippen LogP) is 2.40. The summed E-state index contributed by atoms with van der Waals surface area (Å²) in [5.74, 6) is -0.970. The number of carboxylic acid groups (broad SMARTS) is 1. The molecule has 5 heteroatoms. The lowest BCUT2D eigenvalue weighted by molar-refractivity contribution is 0.0696. The molecule has 0 aliphatic carbocycles. The van der Waals surface area contributed by atoms with Crippen molar-refractivity contribution in [3.8, 4) is 0 Å². The van der Waals surface area contributed by atoms with Crippen LogP contribution in [0.1, 0.15) is 27.3 Å². The van der Waals surface area contributed by atoms with Crippen molar-refractivity contribution in [2.45, 2.75) is 20.4 Å². The number of rotatable bonds is 4. The van der Waals surface area contributed by atoms with E-state index in [0.717, 1.165) is 11.3 Å². The van der Waals surface area contributed by atoms with E-state index in [9.17, 15) is 9.90 Å². The first-order valence-electron chi connectivity index (χ1n) is 5.92. The van der Waals surface area contributed by atoms with Crippen LogP contribution in [0.5, 0.6) is 0 Å². The second-order valence-corrected chi connectivity index (χ2v) is 4.29. The molecule has 0 fully saturated rings. The van der Waals surface area contributed by atoms with E-state index in [1.807, 2.05) is 19.1 Å². The summed E-state index contributed by atoms with van der Waals surface area (Å²) in [6.45, 7) is 4.09. The lowest BCUT2D eigenvalue weighted by atomic mass is 10.1. The van der Waals surface area contributed by atoms with Gasteiger partial charge in [0.15, 0.2) is 0 Å². The lowest BCUT2D eigenvalue weighted by Gasteiger charge is -2.12. The first-order chi connectivity index (χ1) is 9.08. The molecule has 0 atom stereocenters. The fourth-order valence-corrected chi connectivity index (χ4v) is 1.94. The van der Waals surface area contributed by atoms with Crippen LogP contribution in [0, 0.1) is 13.8 Å². The van der Waals surface area contributed by atoms with E-state index in [1.165, 1.54) is 0 Å². The average molecular weight is 257 g/mol. The van der Waals surface area contributed by atoms with Crippen LogP contribution in [0.3, 0.4) is 0 Å². The highest BCUT2D eigenvalue weighted by atomic mass is 16.4. The number of aryl methyl sites for hydroxylation is 2. The Labute approximate surface area is 111 Å². The van der Waals surface area contributed by atoms with Gasteiger partial charge in [-0.3, -0.25) is 9.97 Å². The van der Waals surface area contributed by atoms with Gasteiger partial charge in [0.2, 0.25) is 0 Å². The minimum Gasteiger partial charge on any atom is -0.478 e. The summed E-state index contributed by atoms with van der Waals surface area (Å²) < 4.78 is 0. The number of nitrogens with one attached hydrogen (secondary N) is 1. The van der Waals surface area contributed by atoms with Crippen molar-refractivity contribution in [3.63, 3.8) is 0 Å². The summed E-state index contributed by atoms with van der Waals surface area (Å²) in [4.78, 5) is 19.4. The van der Waals surface area contributed by atoms with Gasteiger partial charge < -0.3 is 10.4 Å². The van der Waals surface area contributed by atoms with Gasteiger partial charge in [-0.05, 0) is 37.6 Å². The fraction of sp³-hybridized carbons (Fsp3) is 0.214. The van der Waals surface area contributed by atoms with Gasteiger partial charge in [-0.25, -0.2) is 4.79 Å². The van der Waals surface area contributed by atoms with Crippen molar-refractivity contribution in [1.29, 1.82) is 0 Å². The van der Waals surface area contributed by atoms with E-state index in [-0.39, 0.29) is 5.56 Å². The molecule has 2 aromatic rings. The standard InChI is InChI=1S/C14H15N3O2/c1-9-7-12(13(14(18)19)10(2)17-9)16-8-11-3-5-15-6-4-11/h3-7H,8H2,1-2H3,(H,16,17)(H,18,19). The molecule has 0 radical (unpaired) electrons. The smallest absolute Gasteiger partial charge is 0.339 e. The highest BCUT2D eigenvalue weighted by Gasteiger charge is 2.15. The topological polar surface area (TPSA) is 75.1 Å². The largest absolute Gasteiger partial charge is 0.478 e. The summed E-state index contributed by atoms with van der Waals surface area (Å²) in [6, 6.07) is 5.51. The number of nitrogens with zero attached hydrogens (tertiary/aromatic N) is 2. The lowest BCUT2D eigenvalue weighted by Crippen LogP contribution is -2.10. The van der Waals surface area contributed by atoms with Crippen molar-refractivity contribution in [1.82, 2.24) is 9.97 Å². The maximum atomic E-state index is 11.3. The third-order valence-corrected chi connectivity index (χ3v) is 2.77. The van der Waals surface area contributed by atoms with Crippen LogP contribution in [0.25, 0.3) is 0 Å². The third kappa shape index (κ3) is 3.07. The molecule has 0 aliphatic heterocycles. The number of carboxylic acids is 1. The van der Waals surface area contributed by atoms with E-state index < -0.39 is 5.97 Å². The minimum absolute atomic E-state index is 0.222. The highest BCUT2D eigenvalue weighted by Crippen LogP contribution is 2.20. The quantitative estimate of drug-likeness (QED) is 0.879. The molecule has 2 aromatic heterocycles. The molecule has 0 aliphatic rings. The Bertz CT molecular complexity index is 597. The van der Waals surface area contributed by atoms with Crippen LogP contribution in [-0.2, 0) is 6.54 Å². The van der Waals surface area contributed by atoms with Crippen molar-refractivity contribution in [2.75, 3.05) is 5.32 Å². The van der Waals surface area contributed by atoms with Crippen LogP contribution in [0.4, 0.5) is 5.69 Å². The average Bonchev–Trinajstić information content (AvgIpc) is 2.36. The third-order valence-electron chi connectivity index (χ3n) is 2.77. The Balaban J connectivity index is 2.27. The van der Waals surface area contributed by atoms with Crippen LogP contribution < -0.4 is 5.32 Å². The van der Waals surface area contributed by atoms with Crippen molar-refractivity contribution in [2.24, 2.45) is 0 Å². The molecule has 19 heavy (non-hydrogen) atoms. The number of hydrogen-bond donors (Lipinski definition) is 2. The first-order valence-corrected chi connectivity index (χ1v) is 5.92. The van der Waals surface area contributed by atoms with Crippen LogP contribution in [-0.4, -0.2) is 21.0 Å². The zero-order valence-electron chi connectivity index (χ0n) is 10.8. The number of carbonyl (C=O) groups is 1. The van der Waals surface area contributed by atoms with E-state index >= 15 is 0 Å². The molecule has 0 amide bonds. The van der Waals surface area contributed by atoms with Crippen molar-refractivity contribution < 1.29 is 9.90 Å². The molecule has 5 nitrogen and oxygen atoms in total. The van der Waals surface area contributed by atoms with Gasteiger partial charge in [-0.15, -0.1) is 0 Å². The zero-order chi connectivity index (χ0) is 13.8. The summed E-state index contributed by atoms with van der Waals surface area (Å²) in [5.41, 5.74) is 3.16. The Kier molecular flexibility index (Phi) is 3.75. The fourth-order valence-electron chi connectivity index (χ4n) is 1.94. The molecule has 0 unspecified atom stereocenters. The van der Waals surface area contributed by atoms with Crippen LogP contribution >= 0.6 is 0 Å². The van der Waals surface area contributed by atoms with Gasteiger partial charge >= 0.3 is 5.97 Å². The normalized spacial score (nSPS) is 10.2. The monoisotopic (exact) mass is 257 g/mol. The van der Waals surface area contributed by atoms with E-state index in [4.69, 9.17) is 0 Å². The molecule has 0 saturated carbocycles. The highest BCUT2D eigenvalue weighted by molar-refractivity contribution is 5.95. The Morgan fingerprint density at radius 3 is 2.63 bits per heavy atom. The molecule has 98 valence electrons. The molecular weight excluding hydrogens is 242 g/mol. The van der Waals surface area contributed by atoms with Crippen LogP contribution in [0.2, 0.25) is 0 Å². The molecule has 0 saturated heterocycles. The first kappa shape index (κ1) is 13.0. The maximum Gasteiger partial charge on any atom is 0.339 e. The Morgan fingerprint density at radius 1 is 1.32 bits per heavy atom. The van der Waals surface area contributed by atoms with Gasteiger partial charge in [0.05, 0.1) is 11.4 Å². The van der Waals surface area contributed by atoms with E-state index in [1.54, 1.807) is 25.4 Å². The van der Waals surface area contributed by atoms with Crippen molar-refractivity contribution >= 4 is 11.7 Å². The Morgan fingerprint density at radius 2 is 2.00 bits per heavy atom. The predicted molar refractivity (Wildman–Crippen MR) is 72.2 cm³/mol. The summed E-state index contributed by atoms with van der Waals surface area (Å²) in [5, 5.41) is 12.4. The van der Waals surface area contributed by atoms with Gasteiger partial charge in [-0.2, -0.15) is 0 Å². The van der Waals surface area contributed by atoms with Crippen molar-refractivity contribution in [3.05, 3.63) is 53.1 Å². The second kappa shape index (κ2) is 5.48. The molecule has 2 rings (SSSR count). The van der Waals surface area contributed by atoms with Gasteiger partial charge in [0.25, 0.3) is 0 Å². The summed E-state index contributed by atoms with van der Waals surface area (Å²) in [7, 11) is 0. The summed E-state index contributed by atoms with van der Waals surface area (Å²) >= 11 is 0. The van der Waals surface area contributed by atoms with E-state index in [2.05, 4.69) is 15.3 Å². The number of anilines is 1. The molecule has 0 bridgehead atoms. The number of hydrogen-bond acceptors (Lipinski definition) is 4. The maximum absolute atomic E-state index is 11.3.